The SMILES string of the molecule is Cc1cc2ncn(CC(O)COc3ccc(C(C)C)cc3)c2cc1C. The third-order valence-corrected chi connectivity index (χ3v) is 4.63. The van der Waals surface area contributed by atoms with Crippen molar-refractivity contribution < 1.29 is 9.84 Å². The normalized spacial score (nSPS) is 12.7. The largest absolute Gasteiger partial charge is 0.491 e. The van der Waals surface area contributed by atoms with Crippen molar-refractivity contribution in [2.24, 2.45) is 0 Å². The van der Waals surface area contributed by atoms with Gasteiger partial charge in [-0.3, -0.25) is 0 Å². The molecular formula is C21H26N2O2. The summed E-state index contributed by atoms with van der Waals surface area (Å²) in [5, 5.41) is 10.3. The van der Waals surface area contributed by atoms with Crippen LogP contribution < -0.4 is 4.74 Å². The summed E-state index contributed by atoms with van der Waals surface area (Å²) in [5.74, 6) is 1.28. The van der Waals surface area contributed by atoms with Crippen molar-refractivity contribution in [3.8, 4) is 5.75 Å². The van der Waals surface area contributed by atoms with E-state index in [2.05, 4.69) is 56.9 Å². The van der Waals surface area contributed by atoms with E-state index in [1.165, 1.54) is 16.7 Å². The first-order valence-corrected chi connectivity index (χ1v) is 8.77. The topological polar surface area (TPSA) is 47.3 Å². The summed E-state index contributed by atoms with van der Waals surface area (Å²) in [6, 6.07) is 12.3. The van der Waals surface area contributed by atoms with E-state index in [0.29, 0.717) is 12.5 Å². The molecule has 1 N–H and O–H groups in total. The minimum Gasteiger partial charge on any atom is -0.491 e. The van der Waals surface area contributed by atoms with Crippen LogP contribution in [0.5, 0.6) is 5.75 Å². The highest BCUT2D eigenvalue weighted by Gasteiger charge is 2.11. The molecule has 0 fully saturated rings. The van der Waals surface area contributed by atoms with Gasteiger partial charge in [-0.1, -0.05) is 26.0 Å². The van der Waals surface area contributed by atoms with E-state index < -0.39 is 6.10 Å². The van der Waals surface area contributed by atoms with Crippen LogP contribution in [0.15, 0.2) is 42.7 Å². The van der Waals surface area contributed by atoms with E-state index in [-0.39, 0.29) is 6.61 Å². The molecule has 3 aromatic rings. The maximum atomic E-state index is 10.3. The molecule has 0 saturated heterocycles. The Bertz CT molecular complexity index is 850. The van der Waals surface area contributed by atoms with Gasteiger partial charge in [0.25, 0.3) is 0 Å². The summed E-state index contributed by atoms with van der Waals surface area (Å²) in [6.45, 7) is 9.22. The summed E-state index contributed by atoms with van der Waals surface area (Å²) in [6.07, 6.45) is 1.19. The molecular weight excluding hydrogens is 312 g/mol. The second-order valence-corrected chi connectivity index (χ2v) is 7.01. The van der Waals surface area contributed by atoms with Crippen molar-refractivity contribution in [1.82, 2.24) is 9.55 Å². The van der Waals surface area contributed by atoms with Gasteiger partial charge in [-0.05, 0) is 60.7 Å². The molecule has 1 heterocycles. The molecule has 3 rings (SSSR count). The Morgan fingerprint density at radius 2 is 1.76 bits per heavy atom. The van der Waals surface area contributed by atoms with Gasteiger partial charge in [-0.15, -0.1) is 0 Å². The molecule has 2 aromatic carbocycles. The number of aliphatic hydroxyl groups excluding tert-OH is 1. The third kappa shape index (κ3) is 4.02. The molecule has 0 bridgehead atoms. The standard InChI is InChI=1S/C21H26N2O2/c1-14(2)17-5-7-19(8-6-17)25-12-18(24)11-23-13-22-20-9-15(3)16(4)10-21(20)23/h5-10,13-14,18,24H,11-12H2,1-4H3. The van der Waals surface area contributed by atoms with Crippen LogP contribution in [0, 0.1) is 13.8 Å². The fraction of sp³-hybridized carbons (Fsp3) is 0.381. The Morgan fingerprint density at radius 3 is 2.44 bits per heavy atom. The van der Waals surface area contributed by atoms with Gasteiger partial charge in [-0.25, -0.2) is 4.98 Å². The van der Waals surface area contributed by atoms with Gasteiger partial charge in [0.15, 0.2) is 0 Å². The first-order valence-electron chi connectivity index (χ1n) is 8.77. The monoisotopic (exact) mass is 338 g/mol. The fourth-order valence-electron chi connectivity index (χ4n) is 2.88. The van der Waals surface area contributed by atoms with Crippen molar-refractivity contribution in [3.63, 3.8) is 0 Å². The maximum Gasteiger partial charge on any atom is 0.119 e. The molecule has 0 aliphatic carbocycles. The van der Waals surface area contributed by atoms with E-state index in [1.54, 1.807) is 6.33 Å². The number of nitrogens with zero attached hydrogens (tertiary/aromatic N) is 2. The number of ether oxygens (including phenoxy) is 1. The zero-order valence-corrected chi connectivity index (χ0v) is 15.4. The van der Waals surface area contributed by atoms with Crippen LogP contribution in [0.4, 0.5) is 0 Å². The average molecular weight is 338 g/mol. The van der Waals surface area contributed by atoms with Crippen LogP contribution in [0.2, 0.25) is 0 Å². The maximum absolute atomic E-state index is 10.3. The van der Waals surface area contributed by atoms with Gasteiger partial charge in [0.1, 0.15) is 18.5 Å². The van der Waals surface area contributed by atoms with E-state index in [1.807, 2.05) is 16.7 Å². The van der Waals surface area contributed by atoms with E-state index in [9.17, 15) is 5.11 Å². The van der Waals surface area contributed by atoms with Crippen molar-refractivity contribution in [1.29, 1.82) is 0 Å². The smallest absolute Gasteiger partial charge is 0.119 e. The second-order valence-electron chi connectivity index (χ2n) is 7.01. The van der Waals surface area contributed by atoms with Crippen molar-refractivity contribution >= 4 is 11.0 Å². The van der Waals surface area contributed by atoms with Crippen LogP contribution in [0.25, 0.3) is 11.0 Å². The number of benzene rings is 2. The van der Waals surface area contributed by atoms with Gasteiger partial charge in [0.05, 0.1) is 23.9 Å². The molecule has 4 nitrogen and oxygen atoms in total. The third-order valence-electron chi connectivity index (χ3n) is 4.63. The summed E-state index contributed by atoms with van der Waals surface area (Å²) in [5.41, 5.74) is 5.74. The Morgan fingerprint density at radius 1 is 1.08 bits per heavy atom. The molecule has 0 aliphatic rings. The minimum absolute atomic E-state index is 0.255. The van der Waals surface area contributed by atoms with Crippen LogP contribution >= 0.6 is 0 Å². The highest BCUT2D eigenvalue weighted by atomic mass is 16.5. The van der Waals surface area contributed by atoms with E-state index >= 15 is 0 Å². The summed E-state index contributed by atoms with van der Waals surface area (Å²) >= 11 is 0. The number of aryl methyl sites for hydroxylation is 2. The van der Waals surface area contributed by atoms with Crippen LogP contribution in [0.3, 0.4) is 0 Å². The summed E-state index contributed by atoms with van der Waals surface area (Å²) < 4.78 is 7.71. The molecule has 0 amide bonds. The second kappa shape index (κ2) is 7.28. The number of hydrogen-bond donors (Lipinski definition) is 1. The Labute approximate surface area is 149 Å². The first-order chi connectivity index (χ1) is 11.9. The Hall–Kier alpha value is -2.33. The lowest BCUT2D eigenvalue weighted by Gasteiger charge is -2.14. The first kappa shape index (κ1) is 17.5. The molecule has 0 radical (unpaired) electrons. The molecule has 0 saturated carbocycles. The van der Waals surface area contributed by atoms with Crippen LogP contribution in [0.1, 0.15) is 36.5 Å². The average Bonchev–Trinajstić information content (AvgIpc) is 2.95. The zero-order valence-electron chi connectivity index (χ0n) is 15.4. The lowest BCUT2D eigenvalue weighted by Crippen LogP contribution is -2.23. The fourth-order valence-corrected chi connectivity index (χ4v) is 2.88. The molecule has 25 heavy (non-hydrogen) atoms. The number of hydrogen-bond acceptors (Lipinski definition) is 3. The van der Waals surface area contributed by atoms with Crippen LogP contribution in [-0.4, -0.2) is 27.4 Å². The molecule has 1 atom stereocenters. The number of rotatable bonds is 6. The number of aromatic nitrogens is 2. The Balaban J connectivity index is 1.63. The summed E-state index contributed by atoms with van der Waals surface area (Å²) in [7, 11) is 0. The molecule has 132 valence electrons. The quantitative estimate of drug-likeness (QED) is 0.732. The molecule has 0 spiro atoms. The van der Waals surface area contributed by atoms with E-state index in [4.69, 9.17) is 4.74 Å². The van der Waals surface area contributed by atoms with Gasteiger partial charge in [-0.2, -0.15) is 0 Å². The molecule has 4 heteroatoms. The number of imidazole rings is 1. The molecule has 0 aliphatic heterocycles. The van der Waals surface area contributed by atoms with Crippen molar-refractivity contribution in [2.45, 2.75) is 46.3 Å². The van der Waals surface area contributed by atoms with Gasteiger partial charge >= 0.3 is 0 Å². The van der Waals surface area contributed by atoms with Gasteiger partial charge < -0.3 is 14.4 Å². The highest BCUT2D eigenvalue weighted by molar-refractivity contribution is 5.77. The van der Waals surface area contributed by atoms with Crippen molar-refractivity contribution in [2.75, 3.05) is 6.61 Å². The zero-order chi connectivity index (χ0) is 18.0. The predicted octanol–water partition coefficient (Wildman–Crippen LogP) is 4.22. The minimum atomic E-state index is -0.594. The van der Waals surface area contributed by atoms with Gasteiger partial charge in [0.2, 0.25) is 0 Å². The van der Waals surface area contributed by atoms with Gasteiger partial charge in [0, 0.05) is 0 Å². The highest BCUT2D eigenvalue weighted by Crippen LogP contribution is 2.20. The Kier molecular flexibility index (Phi) is 5.09. The molecule has 1 aromatic heterocycles. The lowest BCUT2D eigenvalue weighted by atomic mass is 10.0. The number of aliphatic hydroxyl groups is 1. The van der Waals surface area contributed by atoms with E-state index in [0.717, 1.165) is 16.8 Å². The number of fused-ring (bicyclic) bond motifs is 1. The van der Waals surface area contributed by atoms with Crippen LogP contribution in [-0.2, 0) is 6.54 Å². The summed E-state index contributed by atoms with van der Waals surface area (Å²) in [4.78, 5) is 4.43. The predicted molar refractivity (Wildman–Crippen MR) is 101 cm³/mol. The lowest BCUT2D eigenvalue weighted by molar-refractivity contribution is 0.0934. The van der Waals surface area contributed by atoms with Crippen molar-refractivity contribution in [3.05, 3.63) is 59.4 Å². The molecule has 1 unspecified atom stereocenters.